The van der Waals surface area contributed by atoms with Crippen LogP contribution in [0.4, 0.5) is 0 Å². The number of hydrogen-bond donors (Lipinski definition) is 2. The number of nitrogens with one attached hydrogen (secondary N) is 1. The molecule has 3 heterocycles. The molecule has 0 saturated carbocycles. The third kappa shape index (κ3) is 3.65. The quantitative estimate of drug-likeness (QED) is 0.482. The number of hydrogen-bond acceptors (Lipinski definition) is 6. The first kappa shape index (κ1) is 17.9. The fraction of sp³-hybridized carbons (Fsp3) is 0.0952. The second-order valence-electron chi connectivity index (χ2n) is 6.09. The molecule has 0 saturated heterocycles. The number of nitrogens with two attached hydrogens (primary N) is 1. The molecule has 0 aliphatic rings. The molecule has 0 fully saturated rings. The molecule has 7 heteroatoms. The van der Waals surface area contributed by atoms with E-state index in [0.717, 1.165) is 38.2 Å². The molecule has 0 aliphatic carbocycles. The number of allylic oxidation sites excluding steroid dienone is 1. The maximum Gasteiger partial charge on any atom is 0.273 e. The topological polar surface area (TPSA) is 89.2 Å². The van der Waals surface area contributed by atoms with Crippen LogP contribution in [0.25, 0.3) is 27.0 Å². The van der Waals surface area contributed by atoms with E-state index in [1.54, 1.807) is 25.7 Å². The Bertz CT molecular complexity index is 1140. The highest BCUT2D eigenvalue weighted by Crippen LogP contribution is 2.32. The van der Waals surface area contributed by atoms with Gasteiger partial charge in [0.15, 0.2) is 0 Å². The van der Waals surface area contributed by atoms with E-state index in [-0.39, 0.29) is 0 Å². The highest BCUT2D eigenvalue weighted by Gasteiger charge is 2.11. The molecule has 0 unspecified atom stereocenters. The van der Waals surface area contributed by atoms with E-state index in [0.29, 0.717) is 11.7 Å². The Hall–Kier alpha value is -3.45. The SMILES string of the molecule is COc1ncc(-c2cnc3[nH]cc(/C(C=NCc4ccccc4)=C/N)c3c2)s1. The largest absolute Gasteiger partial charge is 0.473 e. The number of fused-ring (bicyclic) bond motifs is 1. The van der Waals surface area contributed by atoms with Crippen molar-refractivity contribution < 1.29 is 4.74 Å². The van der Waals surface area contributed by atoms with Crippen LogP contribution in [-0.4, -0.2) is 28.3 Å². The van der Waals surface area contributed by atoms with Crippen molar-refractivity contribution in [2.45, 2.75) is 6.54 Å². The molecule has 4 rings (SSSR count). The lowest BCUT2D eigenvalue weighted by Crippen LogP contribution is -1.92. The summed E-state index contributed by atoms with van der Waals surface area (Å²) in [5, 5.41) is 1.60. The fourth-order valence-electron chi connectivity index (χ4n) is 2.90. The van der Waals surface area contributed by atoms with Crippen molar-refractivity contribution in [2.24, 2.45) is 10.7 Å². The number of H-pyrrole nitrogens is 1. The molecule has 0 spiro atoms. The molecular formula is C21H19N5OS. The number of thiazole rings is 1. The van der Waals surface area contributed by atoms with Crippen molar-refractivity contribution >= 4 is 34.2 Å². The third-order valence-electron chi connectivity index (χ3n) is 4.31. The Balaban J connectivity index is 1.64. The molecule has 0 bridgehead atoms. The summed E-state index contributed by atoms with van der Waals surface area (Å²) in [6, 6.07) is 12.2. The molecule has 0 aliphatic heterocycles. The van der Waals surface area contributed by atoms with Crippen LogP contribution in [0.15, 0.2) is 66.2 Å². The standard InChI is InChI=1S/C21H19N5OS/c1-27-21-26-13-19(28-21)15-7-17-18(12-25-20(17)24-11-15)16(8-22)10-23-9-14-5-3-2-4-6-14/h2-8,10-13H,9,22H2,1H3,(H,24,25)/b16-8+,23-10?. The molecule has 0 atom stereocenters. The minimum absolute atomic E-state index is 0.602. The number of benzene rings is 1. The zero-order chi connectivity index (χ0) is 19.3. The number of ether oxygens (including phenoxy) is 1. The van der Waals surface area contributed by atoms with Gasteiger partial charge in [0, 0.05) is 53.1 Å². The van der Waals surface area contributed by atoms with E-state index in [4.69, 9.17) is 10.5 Å². The van der Waals surface area contributed by atoms with Crippen molar-refractivity contribution in [1.82, 2.24) is 15.0 Å². The zero-order valence-electron chi connectivity index (χ0n) is 15.3. The Labute approximate surface area is 166 Å². The first-order valence-corrected chi connectivity index (χ1v) is 9.53. The zero-order valence-corrected chi connectivity index (χ0v) is 16.1. The second-order valence-corrected chi connectivity index (χ2v) is 7.09. The first-order valence-electron chi connectivity index (χ1n) is 8.72. The van der Waals surface area contributed by atoms with E-state index in [1.807, 2.05) is 42.7 Å². The predicted octanol–water partition coefficient (Wildman–Crippen LogP) is 4.27. The number of rotatable bonds is 6. The van der Waals surface area contributed by atoms with Crippen LogP contribution in [0.5, 0.6) is 5.19 Å². The van der Waals surface area contributed by atoms with Crippen molar-refractivity contribution in [1.29, 1.82) is 0 Å². The highest BCUT2D eigenvalue weighted by molar-refractivity contribution is 7.16. The predicted molar refractivity (Wildman–Crippen MR) is 115 cm³/mol. The first-order chi connectivity index (χ1) is 13.8. The monoisotopic (exact) mass is 389 g/mol. The molecule has 1 aromatic carbocycles. The molecular weight excluding hydrogens is 370 g/mol. The summed E-state index contributed by atoms with van der Waals surface area (Å²) in [5.41, 5.74) is 10.6. The lowest BCUT2D eigenvalue weighted by molar-refractivity contribution is 0.412. The van der Waals surface area contributed by atoms with E-state index in [1.165, 1.54) is 11.3 Å². The second kappa shape index (κ2) is 8.06. The number of methoxy groups -OCH3 is 1. The van der Waals surface area contributed by atoms with Crippen LogP contribution in [-0.2, 0) is 6.54 Å². The van der Waals surface area contributed by atoms with Crippen LogP contribution in [0.2, 0.25) is 0 Å². The van der Waals surface area contributed by atoms with Crippen molar-refractivity contribution in [2.75, 3.05) is 7.11 Å². The minimum Gasteiger partial charge on any atom is -0.473 e. The van der Waals surface area contributed by atoms with Gasteiger partial charge in [-0.05, 0) is 11.6 Å². The van der Waals surface area contributed by atoms with Gasteiger partial charge in [-0.3, -0.25) is 4.99 Å². The van der Waals surface area contributed by atoms with Gasteiger partial charge >= 0.3 is 0 Å². The Morgan fingerprint density at radius 3 is 2.86 bits per heavy atom. The van der Waals surface area contributed by atoms with E-state index in [9.17, 15) is 0 Å². The third-order valence-corrected chi connectivity index (χ3v) is 5.32. The van der Waals surface area contributed by atoms with E-state index >= 15 is 0 Å². The number of aromatic nitrogens is 3. The van der Waals surface area contributed by atoms with Gasteiger partial charge in [0.1, 0.15) is 5.65 Å². The molecule has 140 valence electrons. The summed E-state index contributed by atoms with van der Waals surface area (Å²) < 4.78 is 5.19. The number of nitrogens with zero attached hydrogens (tertiary/aromatic N) is 3. The Kier molecular flexibility index (Phi) is 5.16. The van der Waals surface area contributed by atoms with Gasteiger partial charge in [0.2, 0.25) is 0 Å². The summed E-state index contributed by atoms with van der Waals surface area (Å²) in [5.74, 6) is 0. The number of aliphatic imine (C=N–C) groups is 1. The summed E-state index contributed by atoms with van der Waals surface area (Å²) >= 11 is 1.48. The molecule has 4 aromatic rings. The van der Waals surface area contributed by atoms with Crippen LogP contribution in [0.3, 0.4) is 0 Å². The molecule has 0 amide bonds. The van der Waals surface area contributed by atoms with Crippen LogP contribution >= 0.6 is 11.3 Å². The number of aromatic amines is 1. The smallest absolute Gasteiger partial charge is 0.273 e. The van der Waals surface area contributed by atoms with E-state index in [2.05, 4.69) is 26.0 Å². The van der Waals surface area contributed by atoms with Crippen LogP contribution < -0.4 is 10.5 Å². The van der Waals surface area contributed by atoms with Crippen molar-refractivity contribution in [3.8, 4) is 15.6 Å². The summed E-state index contributed by atoms with van der Waals surface area (Å²) in [4.78, 5) is 17.5. The van der Waals surface area contributed by atoms with Gasteiger partial charge in [-0.25, -0.2) is 9.97 Å². The van der Waals surface area contributed by atoms with Gasteiger partial charge in [-0.2, -0.15) is 0 Å². The molecule has 28 heavy (non-hydrogen) atoms. The maximum atomic E-state index is 5.89. The molecule has 6 nitrogen and oxygen atoms in total. The van der Waals surface area contributed by atoms with Crippen LogP contribution in [0, 0.1) is 0 Å². The lowest BCUT2D eigenvalue weighted by atomic mass is 10.1. The normalized spacial score (nSPS) is 12.1. The van der Waals surface area contributed by atoms with Crippen molar-refractivity contribution in [3.05, 3.63) is 72.3 Å². The van der Waals surface area contributed by atoms with Crippen molar-refractivity contribution in [3.63, 3.8) is 0 Å². The summed E-state index contributed by atoms with van der Waals surface area (Å²) in [7, 11) is 1.61. The summed E-state index contributed by atoms with van der Waals surface area (Å²) in [6.45, 7) is 0.602. The lowest BCUT2D eigenvalue weighted by Gasteiger charge is -2.02. The van der Waals surface area contributed by atoms with Gasteiger partial charge in [0.05, 0.1) is 18.5 Å². The fourth-order valence-corrected chi connectivity index (χ4v) is 3.61. The van der Waals surface area contributed by atoms with E-state index < -0.39 is 0 Å². The number of pyridine rings is 1. The van der Waals surface area contributed by atoms with Gasteiger partial charge < -0.3 is 15.5 Å². The van der Waals surface area contributed by atoms with Gasteiger partial charge in [0.25, 0.3) is 5.19 Å². The minimum atomic E-state index is 0.602. The van der Waals surface area contributed by atoms with Gasteiger partial charge in [-0.1, -0.05) is 41.7 Å². The average Bonchev–Trinajstić information content (AvgIpc) is 3.39. The highest BCUT2D eigenvalue weighted by atomic mass is 32.1. The maximum absolute atomic E-state index is 5.89. The molecule has 3 N–H and O–H groups in total. The summed E-state index contributed by atoms with van der Waals surface area (Å²) in [6.07, 6.45) is 8.89. The van der Waals surface area contributed by atoms with Crippen LogP contribution in [0.1, 0.15) is 11.1 Å². The van der Waals surface area contributed by atoms with Gasteiger partial charge in [-0.15, -0.1) is 0 Å². The molecule has 0 radical (unpaired) electrons. The Morgan fingerprint density at radius 1 is 1.25 bits per heavy atom. The average molecular weight is 389 g/mol. The molecule has 3 aromatic heterocycles. The Morgan fingerprint density at radius 2 is 2.11 bits per heavy atom.